The van der Waals surface area contributed by atoms with Crippen molar-refractivity contribution in [2.45, 2.75) is 19.8 Å². The Morgan fingerprint density at radius 1 is 1.29 bits per heavy atom. The van der Waals surface area contributed by atoms with Gasteiger partial charge in [0, 0.05) is 5.56 Å². The van der Waals surface area contributed by atoms with E-state index in [0.717, 1.165) is 18.4 Å². The molecule has 5 heteroatoms. The topological polar surface area (TPSA) is 72.0 Å². The molecule has 0 amide bonds. The van der Waals surface area contributed by atoms with Crippen molar-refractivity contribution in [2.75, 3.05) is 6.61 Å². The maximum absolute atomic E-state index is 11.8. The van der Waals surface area contributed by atoms with Gasteiger partial charge in [-0.1, -0.05) is 30.6 Å². The van der Waals surface area contributed by atoms with Crippen molar-refractivity contribution >= 4 is 12.2 Å². The smallest absolute Gasteiger partial charge is 0.338 e. The first kappa shape index (κ1) is 14.8. The molecule has 0 unspecified atom stereocenters. The fourth-order valence-corrected chi connectivity index (χ4v) is 1.80. The highest BCUT2D eigenvalue weighted by molar-refractivity contribution is 5.90. The van der Waals surface area contributed by atoms with Gasteiger partial charge in [0.1, 0.15) is 17.7 Å². The molecule has 21 heavy (non-hydrogen) atoms. The molecule has 0 saturated carbocycles. The maximum Gasteiger partial charge on any atom is 0.338 e. The van der Waals surface area contributed by atoms with Crippen LogP contribution in [0.5, 0.6) is 0 Å². The first-order valence-electron chi connectivity index (χ1n) is 6.79. The molecule has 2 rings (SSSR count). The van der Waals surface area contributed by atoms with Crippen molar-refractivity contribution in [1.29, 1.82) is 0 Å². The minimum atomic E-state index is -0.317. The molecular formula is C16H17NO4. The number of ether oxygens (including phenoxy) is 1. The summed E-state index contributed by atoms with van der Waals surface area (Å²) in [7, 11) is 0. The zero-order valence-electron chi connectivity index (χ0n) is 11.8. The molecular weight excluding hydrogens is 270 g/mol. The number of nitrogens with zero attached hydrogens (tertiary/aromatic N) is 1. The number of unbranched alkanes of at least 4 members (excludes halogenated alkanes) is 1. The highest BCUT2D eigenvalue weighted by Crippen LogP contribution is 2.22. The Kier molecular flexibility index (Phi) is 5.15. The van der Waals surface area contributed by atoms with E-state index in [1.165, 1.54) is 6.21 Å². The highest BCUT2D eigenvalue weighted by atomic mass is 16.5. The van der Waals surface area contributed by atoms with Gasteiger partial charge in [0.2, 0.25) is 0 Å². The maximum atomic E-state index is 11.8. The fourth-order valence-electron chi connectivity index (χ4n) is 1.80. The van der Waals surface area contributed by atoms with Crippen molar-refractivity contribution in [2.24, 2.45) is 5.16 Å². The Morgan fingerprint density at radius 2 is 2.05 bits per heavy atom. The zero-order valence-corrected chi connectivity index (χ0v) is 11.8. The van der Waals surface area contributed by atoms with Crippen molar-refractivity contribution in [3.63, 3.8) is 0 Å². The third-order valence-corrected chi connectivity index (χ3v) is 2.95. The van der Waals surface area contributed by atoms with Gasteiger partial charge in [0.05, 0.1) is 12.2 Å². The summed E-state index contributed by atoms with van der Waals surface area (Å²) in [6.45, 7) is 2.49. The molecule has 110 valence electrons. The molecule has 0 aliphatic rings. The van der Waals surface area contributed by atoms with Crippen LogP contribution in [0.2, 0.25) is 0 Å². The van der Waals surface area contributed by atoms with Crippen LogP contribution >= 0.6 is 0 Å². The first-order chi connectivity index (χ1) is 10.2. The molecule has 0 spiro atoms. The van der Waals surface area contributed by atoms with Crippen molar-refractivity contribution in [3.05, 3.63) is 47.7 Å². The van der Waals surface area contributed by atoms with Crippen LogP contribution in [-0.2, 0) is 4.74 Å². The second-order valence-electron chi connectivity index (χ2n) is 4.51. The Balaban J connectivity index is 2.05. The molecule has 0 atom stereocenters. The number of esters is 1. The minimum Gasteiger partial charge on any atom is -0.462 e. The number of carbonyl (C=O) groups is 1. The molecule has 1 aromatic carbocycles. The SMILES string of the molecule is CCCCOC(=O)c1ccc(-c2ccc(/C=N/O)o2)cc1. The van der Waals surface area contributed by atoms with Gasteiger partial charge in [-0.25, -0.2) is 4.79 Å². The molecule has 0 radical (unpaired) electrons. The van der Waals surface area contributed by atoms with Crippen LogP contribution in [0.4, 0.5) is 0 Å². The van der Waals surface area contributed by atoms with Crippen LogP contribution in [-0.4, -0.2) is 24.0 Å². The van der Waals surface area contributed by atoms with Gasteiger partial charge in [0.25, 0.3) is 0 Å². The normalized spacial score (nSPS) is 10.9. The number of furan rings is 1. The van der Waals surface area contributed by atoms with Gasteiger partial charge in [-0.2, -0.15) is 0 Å². The van der Waals surface area contributed by atoms with E-state index < -0.39 is 0 Å². The summed E-state index contributed by atoms with van der Waals surface area (Å²) in [6.07, 6.45) is 3.07. The Labute approximate surface area is 122 Å². The average molecular weight is 287 g/mol. The Hall–Kier alpha value is -2.56. The lowest BCUT2D eigenvalue weighted by Gasteiger charge is -2.04. The van der Waals surface area contributed by atoms with E-state index in [0.29, 0.717) is 23.7 Å². The third kappa shape index (κ3) is 3.95. The fraction of sp³-hybridized carbons (Fsp3) is 0.250. The standard InChI is InChI=1S/C16H17NO4/c1-2-3-10-20-16(18)13-6-4-12(5-7-13)15-9-8-14(21-15)11-17-19/h4-9,11,19H,2-3,10H2,1H3/b17-11+. The van der Waals surface area contributed by atoms with Gasteiger partial charge < -0.3 is 14.4 Å². The van der Waals surface area contributed by atoms with Crippen molar-refractivity contribution < 1.29 is 19.2 Å². The van der Waals surface area contributed by atoms with E-state index >= 15 is 0 Å². The molecule has 1 aromatic heterocycles. The van der Waals surface area contributed by atoms with Crippen LogP contribution in [0.25, 0.3) is 11.3 Å². The summed E-state index contributed by atoms with van der Waals surface area (Å²) in [5.41, 5.74) is 1.34. The zero-order chi connectivity index (χ0) is 15.1. The van der Waals surface area contributed by atoms with E-state index in [4.69, 9.17) is 14.4 Å². The molecule has 5 nitrogen and oxygen atoms in total. The summed E-state index contributed by atoms with van der Waals surface area (Å²) in [5, 5.41) is 11.3. The number of oxime groups is 1. The lowest BCUT2D eigenvalue weighted by atomic mass is 10.1. The van der Waals surface area contributed by atoms with E-state index in [-0.39, 0.29) is 5.97 Å². The van der Waals surface area contributed by atoms with Crippen molar-refractivity contribution in [3.8, 4) is 11.3 Å². The summed E-state index contributed by atoms with van der Waals surface area (Å²) in [4.78, 5) is 11.8. The minimum absolute atomic E-state index is 0.317. The molecule has 1 heterocycles. The number of benzene rings is 1. The molecule has 0 aliphatic heterocycles. The molecule has 0 saturated heterocycles. The predicted molar refractivity (Wildman–Crippen MR) is 78.7 cm³/mol. The summed E-state index contributed by atoms with van der Waals surface area (Å²) in [6, 6.07) is 10.4. The average Bonchev–Trinajstić information content (AvgIpc) is 2.97. The molecule has 0 fully saturated rings. The van der Waals surface area contributed by atoms with Gasteiger partial charge >= 0.3 is 5.97 Å². The number of hydrogen-bond donors (Lipinski definition) is 1. The lowest BCUT2D eigenvalue weighted by molar-refractivity contribution is 0.0500. The molecule has 0 aliphatic carbocycles. The van der Waals surface area contributed by atoms with Gasteiger partial charge in [-0.3, -0.25) is 0 Å². The summed E-state index contributed by atoms with van der Waals surface area (Å²) >= 11 is 0. The predicted octanol–water partition coefficient (Wildman–Crippen LogP) is 3.71. The highest BCUT2D eigenvalue weighted by Gasteiger charge is 2.08. The van der Waals surface area contributed by atoms with E-state index in [9.17, 15) is 4.79 Å². The van der Waals surface area contributed by atoms with Crippen LogP contribution in [0.15, 0.2) is 46.0 Å². The number of carbonyl (C=O) groups excluding carboxylic acids is 1. The Bertz CT molecular complexity index is 613. The third-order valence-electron chi connectivity index (χ3n) is 2.95. The monoisotopic (exact) mass is 287 g/mol. The summed E-state index contributed by atoms with van der Waals surface area (Å²) < 4.78 is 10.6. The largest absolute Gasteiger partial charge is 0.462 e. The van der Waals surface area contributed by atoms with Gasteiger partial charge in [0.15, 0.2) is 0 Å². The van der Waals surface area contributed by atoms with Crippen molar-refractivity contribution in [1.82, 2.24) is 0 Å². The molecule has 1 N–H and O–H groups in total. The van der Waals surface area contributed by atoms with Gasteiger partial charge in [-0.15, -0.1) is 0 Å². The van der Waals surface area contributed by atoms with Crippen LogP contribution in [0, 0.1) is 0 Å². The quantitative estimate of drug-likeness (QED) is 0.289. The second kappa shape index (κ2) is 7.28. The van der Waals surface area contributed by atoms with E-state index in [1.54, 1.807) is 36.4 Å². The molecule has 0 bridgehead atoms. The number of hydrogen-bond acceptors (Lipinski definition) is 5. The Morgan fingerprint density at radius 3 is 2.71 bits per heavy atom. The lowest BCUT2D eigenvalue weighted by Crippen LogP contribution is -2.05. The molecule has 2 aromatic rings. The van der Waals surface area contributed by atoms with Crippen LogP contribution in [0.1, 0.15) is 35.9 Å². The van der Waals surface area contributed by atoms with Crippen LogP contribution < -0.4 is 0 Å². The number of rotatable bonds is 6. The summed E-state index contributed by atoms with van der Waals surface area (Å²) in [5.74, 6) is 0.772. The van der Waals surface area contributed by atoms with Crippen LogP contribution in [0.3, 0.4) is 0 Å². The van der Waals surface area contributed by atoms with E-state index in [2.05, 4.69) is 5.16 Å². The first-order valence-corrected chi connectivity index (χ1v) is 6.79. The second-order valence-corrected chi connectivity index (χ2v) is 4.51. The van der Waals surface area contributed by atoms with Gasteiger partial charge in [-0.05, 0) is 30.7 Å². The van der Waals surface area contributed by atoms with E-state index in [1.807, 2.05) is 6.92 Å².